The number of hydrogen-bond donors (Lipinski definition) is 2. The van der Waals surface area contributed by atoms with E-state index in [0.29, 0.717) is 5.56 Å². The molecule has 0 fully saturated rings. The second kappa shape index (κ2) is 6.07. The van der Waals surface area contributed by atoms with Crippen LogP contribution in [-0.4, -0.2) is 28.9 Å². The van der Waals surface area contributed by atoms with Gasteiger partial charge in [-0.1, -0.05) is 41.9 Å². The van der Waals surface area contributed by atoms with Crippen LogP contribution in [0.4, 0.5) is 0 Å². The largest absolute Gasteiger partial charge is 0.480 e. The Hall–Kier alpha value is -1.26. The number of hydrogen-bond acceptors (Lipinski definition) is 2. The molecule has 4 nitrogen and oxygen atoms in total. The van der Waals surface area contributed by atoms with Crippen LogP contribution in [0.15, 0.2) is 30.3 Å². The fraction of sp³-hybridized carbons (Fsp3) is 0.333. The second-order valence-corrected chi connectivity index (χ2v) is 4.91. The highest BCUT2D eigenvalue weighted by Crippen LogP contribution is 2.36. The molecule has 18 heavy (non-hydrogen) atoms. The molecule has 2 unspecified atom stereocenters. The number of carboxylic acids is 1. The molecule has 0 heterocycles. The van der Waals surface area contributed by atoms with Gasteiger partial charge in [-0.25, -0.2) is 4.79 Å². The van der Waals surface area contributed by atoms with E-state index < -0.39 is 16.2 Å². The average molecular weight is 290 g/mol. The third-order valence-corrected chi connectivity index (χ3v) is 3.70. The van der Waals surface area contributed by atoms with Gasteiger partial charge in [-0.2, -0.15) is 0 Å². The monoisotopic (exact) mass is 289 g/mol. The van der Waals surface area contributed by atoms with Crippen molar-refractivity contribution in [3.8, 4) is 0 Å². The summed E-state index contributed by atoms with van der Waals surface area (Å²) in [6, 6.07) is 8.28. The Morgan fingerprint density at radius 2 is 1.94 bits per heavy atom. The first-order valence-corrected chi connectivity index (χ1v) is 6.06. The van der Waals surface area contributed by atoms with E-state index in [1.54, 1.807) is 30.3 Å². The van der Waals surface area contributed by atoms with Crippen LogP contribution in [0, 0.1) is 0 Å². The summed E-state index contributed by atoms with van der Waals surface area (Å²) >= 11 is 12.2. The minimum absolute atomic E-state index is 0.0262. The van der Waals surface area contributed by atoms with Crippen molar-refractivity contribution in [2.24, 2.45) is 0 Å². The minimum Gasteiger partial charge on any atom is -0.480 e. The maximum absolute atomic E-state index is 11.4. The Bertz CT molecular complexity index is 438. The van der Waals surface area contributed by atoms with Gasteiger partial charge >= 0.3 is 5.97 Å². The predicted octanol–water partition coefficient (Wildman–Crippen LogP) is 1.95. The summed E-state index contributed by atoms with van der Waals surface area (Å²) in [7, 11) is 0. The Kier molecular flexibility index (Phi) is 4.99. The van der Waals surface area contributed by atoms with E-state index >= 15 is 0 Å². The molecule has 0 aliphatic heterocycles. The highest BCUT2D eigenvalue weighted by atomic mass is 35.5. The van der Waals surface area contributed by atoms with E-state index in [1.165, 1.54) is 6.92 Å². The van der Waals surface area contributed by atoms with Crippen molar-refractivity contribution < 1.29 is 14.7 Å². The van der Waals surface area contributed by atoms with Crippen LogP contribution in [0.2, 0.25) is 0 Å². The number of benzene rings is 1. The third-order valence-electron chi connectivity index (χ3n) is 2.47. The molecule has 0 spiro atoms. The number of amides is 1. The number of nitrogens with one attached hydrogen (secondary N) is 1. The van der Waals surface area contributed by atoms with Gasteiger partial charge in [0.1, 0.15) is 0 Å². The maximum atomic E-state index is 11.4. The van der Waals surface area contributed by atoms with Crippen molar-refractivity contribution in [3.05, 3.63) is 35.9 Å². The summed E-state index contributed by atoms with van der Waals surface area (Å²) in [5.74, 6) is -1.54. The van der Waals surface area contributed by atoms with Crippen LogP contribution in [-0.2, 0) is 14.5 Å². The molecule has 6 heteroatoms. The summed E-state index contributed by atoms with van der Waals surface area (Å²) in [6.45, 7) is 1.30. The first-order chi connectivity index (χ1) is 8.39. The zero-order chi connectivity index (χ0) is 13.8. The van der Waals surface area contributed by atoms with Gasteiger partial charge in [0.25, 0.3) is 0 Å². The first kappa shape index (κ1) is 14.8. The average Bonchev–Trinajstić information content (AvgIpc) is 2.35. The minimum atomic E-state index is -1.77. The van der Waals surface area contributed by atoms with Crippen LogP contribution in [0.3, 0.4) is 0 Å². The quantitative estimate of drug-likeness (QED) is 0.814. The molecule has 2 N–H and O–H groups in total. The third kappa shape index (κ3) is 3.15. The van der Waals surface area contributed by atoms with E-state index in [0.717, 1.165) is 0 Å². The van der Waals surface area contributed by atoms with Crippen molar-refractivity contribution in [1.82, 2.24) is 5.32 Å². The van der Waals surface area contributed by atoms with E-state index in [4.69, 9.17) is 23.2 Å². The van der Waals surface area contributed by atoms with Crippen molar-refractivity contribution in [2.75, 3.05) is 6.54 Å². The van der Waals surface area contributed by atoms with Crippen LogP contribution in [0.5, 0.6) is 0 Å². The van der Waals surface area contributed by atoms with Crippen LogP contribution < -0.4 is 5.32 Å². The van der Waals surface area contributed by atoms with Crippen LogP contribution >= 0.6 is 23.2 Å². The van der Waals surface area contributed by atoms with Gasteiger partial charge in [0.2, 0.25) is 5.91 Å². The lowest BCUT2D eigenvalue weighted by molar-refractivity contribution is -0.140. The van der Waals surface area contributed by atoms with Gasteiger partial charge in [-0.3, -0.25) is 4.79 Å². The topological polar surface area (TPSA) is 66.4 Å². The molecule has 1 amide bonds. The van der Waals surface area contributed by atoms with Gasteiger partial charge in [0.05, 0.1) is 5.38 Å². The van der Waals surface area contributed by atoms with E-state index in [1.807, 2.05) is 0 Å². The maximum Gasteiger partial charge on any atom is 0.331 e. The molecular weight excluding hydrogens is 277 g/mol. The molecule has 1 aromatic rings. The van der Waals surface area contributed by atoms with Crippen molar-refractivity contribution in [1.29, 1.82) is 0 Å². The van der Waals surface area contributed by atoms with Gasteiger partial charge in [-0.15, -0.1) is 11.6 Å². The van der Waals surface area contributed by atoms with Crippen molar-refractivity contribution in [2.45, 2.75) is 17.2 Å². The molecule has 1 rings (SSSR count). The molecule has 0 aliphatic rings. The van der Waals surface area contributed by atoms with E-state index in [-0.39, 0.29) is 12.5 Å². The smallest absolute Gasteiger partial charge is 0.331 e. The number of carbonyl (C=O) groups is 2. The predicted molar refractivity (Wildman–Crippen MR) is 69.9 cm³/mol. The fourth-order valence-corrected chi connectivity index (χ4v) is 1.99. The first-order valence-electron chi connectivity index (χ1n) is 5.25. The summed E-state index contributed by atoms with van der Waals surface area (Å²) in [6.07, 6.45) is 0. The summed E-state index contributed by atoms with van der Waals surface area (Å²) < 4.78 is 0. The van der Waals surface area contributed by atoms with Crippen LogP contribution in [0.25, 0.3) is 0 Å². The summed E-state index contributed by atoms with van der Waals surface area (Å²) in [5, 5.41) is 10.8. The number of halogens is 2. The highest BCUT2D eigenvalue weighted by molar-refractivity contribution is 6.40. The Labute approximate surface area is 115 Å². The number of alkyl halides is 2. The molecule has 98 valence electrons. The zero-order valence-electron chi connectivity index (χ0n) is 9.69. The van der Waals surface area contributed by atoms with Gasteiger partial charge < -0.3 is 10.4 Å². The Morgan fingerprint density at radius 1 is 1.39 bits per heavy atom. The Morgan fingerprint density at radius 3 is 2.39 bits per heavy atom. The number of rotatable bonds is 5. The Balaban J connectivity index is 3.01. The zero-order valence-corrected chi connectivity index (χ0v) is 11.2. The van der Waals surface area contributed by atoms with E-state index in [9.17, 15) is 14.7 Å². The van der Waals surface area contributed by atoms with Crippen LogP contribution in [0.1, 0.15) is 12.5 Å². The number of aliphatic carboxylic acids is 1. The molecule has 0 radical (unpaired) electrons. The molecule has 0 saturated carbocycles. The molecule has 1 aromatic carbocycles. The summed E-state index contributed by atoms with van der Waals surface area (Å²) in [5.41, 5.74) is 0.379. The van der Waals surface area contributed by atoms with Gasteiger partial charge in [0.15, 0.2) is 4.87 Å². The second-order valence-electron chi connectivity index (χ2n) is 3.79. The SMILES string of the molecule is CC(=O)NCC(Cl)C(Cl)(C(=O)O)c1ccccc1. The lowest BCUT2D eigenvalue weighted by atomic mass is 9.94. The standard InChI is InChI=1S/C12H13Cl2NO3/c1-8(16)15-7-10(13)12(14,11(17)18)9-5-3-2-4-6-9/h2-6,10H,7H2,1H3,(H,15,16)(H,17,18). The van der Waals surface area contributed by atoms with Gasteiger partial charge in [0, 0.05) is 13.5 Å². The van der Waals surface area contributed by atoms with Crippen molar-refractivity contribution >= 4 is 35.1 Å². The van der Waals surface area contributed by atoms with E-state index in [2.05, 4.69) is 5.32 Å². The van der Waals surface area contributed by atoms with Gasteiger partial charge in [-0.05, 0) is 5.56 Å². The molecule has 0 aliphatic carbocycles. The molecule has 0 saturated heterocycles. The molecular formula is C12H13Cl2NO3. The number of carboxylic acid groups (broad SMARTS) is 1. The lowest BCUT2D eigenvalue weighted by Crippen LogP contribution is -2.44. The van der Waals surface area contributed by atoms with Crippen molar-refractivity contribution in [3.63, 3.8) is 0 Å². The lowest BCUT2D eigenvalue weighted by Gasteiger charge is -2.27. The number of carbonyl (C=O) groups excluding carboxylic acids is 1. The molecule has 0 bridgehead atoms. The summed E-state index contributed by atoms with van der Waals surface area (Å²) in [4.78, 5) is 20.4. The molecule has 0 aromatic heterocycles. The highest BCUT2D eigenvalue weighted by Gasteiger charge is 2.45. The fourth-order valence-electron chi connectivity index (χ4n) is 1.49. The normalized spacial score (nSPS) is 15.5. The molecule has 2 atom stereocenters.